The molecule has 4 fully saturated rings. The zero-order chi connectivity index (χ0) is 52.1. The van der Waals surface area contributed by atoms with Crippen molar-refractivity contribution in [2.45, 2.75) is 191 Å². The Morgan fingerprint density at radius 1 is 0.903 bits per heavy atom. The highest BCUT2D eigenvalue weighted by molar-refractivity contribution is 5.87. The van der Waals surface area contributed by atoms with E-state index in [1.54, 1.807) is 63.6 Å². The molecule has 4 N–H and O–H groups in total. The van der Waals surface area contributed by atoms with Crippen LogP contribution in [0.25, 0.3) is 0 Å². The van der Waals surface area contributed by atoms with E-state index in [9.17, 15) is 19.8 Å². The molecule has 20 atom stereocenters. The first-order valence-corrected chi connectivity index (χ1v) is 26.0. The lowest BCUT2D eigenvalue weighted by molar-refractivity contribution is -0.312. The third kappa shape index (κ3) is 12.4. The van der Waals surface area contributed by atoms with Gasteiger partial charge in [0.25, 0.3) is 0 Å². The Morgan fingerprint density at radius 3 is 2.26 bits per heavy atom. The highest BCUT2D eigenvalue weighted by Crippen LogP contribution is 2.47. The molecule has 72 heavy (non-hydrogen) atoms. The summed E-state index contributed by atoms with van der Waals surface area (Å²) < 4.78 is 64.6. The molecule has 8 rings (SSSR count). The van der Waals surface area contributed by atoms with Gasteiger partial charge in [-0.1, -0.05) is 88.8 Å². The number of carboxylic acid groups (broad SMARTS) is 1. The van der Waals surface area contributed by atoms with Gasteiger partial charge in [-0.05, 0) is 82.0 Å². The predicted octanol–water partition coefficient (Wildman–Crippen LogP) is 6.99. The van der Waals surface area contributed by atoms with Crippen LogP contribution in [-0.2, 0) is 52.2 Å². The van der Waals surface area contributed by atoms with Gasteiger partial charge in [0.05, 0.1) is 60.9 Å². The maximum absolute atomic E-state index is 14.4. The van der Waals surface area contributed by atoms with Gasteiger partial charge >= 0.3 is 11.9 Å². The molecular formula is C56H81NO15. The van der Waals surface area contributed by atoms with Crippen LogP contribution in [0.3, 0.4) is 0 Å². The van der Waals surface area contributed by atoms with Crippen molar-refractivity contribution in [1.29, 1.82) is 0 Å². The topological polar surface area (TPSA) is 199 Å². The first kappa shape index (κ1) is 56.1. The number of benzene rings is 1. The fourth-order valence-electron chi connectivity index (χ4n) is 11.6. The van der Waals surface area contributed by atoms with Crippen LogP contribution in [0.4, 0.5) is 0 Å². The fraction of sp³-hybridized carbons (Fsp3) is 0.679. The summed E-state index contributed by atoms with van der Waals surface area (Å²) in [5.74, 6) is -3.39. The van der Waals surface area contributed by atoms with Crippen molar-refractivity contribution in [2.24, 2.45) is 23.7 Å². The molecule has 1 aliphatic carbocycles. The molecule has 0 amide bonds. The normalized spacial score (nSPS) is 43.6. The minimum absolute atomic E-state index is 0.0411. The molecule has 16 heteroatoms. The van der Waals surface area contributed by atoms with Crippen LogP contribution < -0.4 is 5.32 Å². The Morgan fingerprint density at radius 2 is 1.60 bits per heavy atom. The molecule has 1 aromatic rings. The van der Waals surface area contributed by atoms with E-state index in [2.05, 4.69) is 52.1 Å². The van der Waals surface area contributed by atoms with Crippen LogP contribution in [0.1, 0.15) is 104 Å². The first-order valence-electron chi connectivity index (χ1n) is 26.0. The number of carboxylic acids is 1. The van der Waals surface area contributed by atoms with Crippen LogP contribution in [-0.4, -0.2) is 152 Å². The van der Waals surface area contributed by atoms with Gasteiger partial charge in [0.1, 0.15) is 35.9 Å². The molecule has 4 saturated heterocycles. The first-order chi connectivity index (χ1) is 34.3. The average Bonchev–Trinajstić information content (AvgIpc) is 3.70. The lowest BCUT2D eigenvalue weighted by atomic mass is 9.71. The summed E-state index contributed by atoms with van der Waals surface area (Å²) in [5, 5.41) is 35.4. The number of carbonyl (C=O) groups excluding carboxylic acids is 1. The lowest BCUT2D eigenvalue weighted by Gasteiger charge is -2.48. The Balaban J connectivity index is 0.000000761. The Hall–Kier alpha value is -3.62. The fourth-order valence-corrected chi connectivity index (χ4v) is 11.6. The molecule has 6 heterocycles. The Labute approximate surface area is 426 Å². The molecule has 0 unspecified atom stereocenters. The zero-order valence-electron chi connectivity index (χ0n) is 44.0. The lowest BCUT2D eigenvalue weighted by Crippen LogP contribution is -2.58. The molecule has 2 bridgehead atoms. The van der Waals surface area contributed by atoms with E-state index in [4.69, 9.17) is 52.5 Å². The Kier molecular flexibility index (Phi) is 19.0. The quantitative estimate of drug-likeness (QED) is 0.138. The number of rotatable bonds is 10. The van der Waals surface area contributed by atoms with Gasteiger partial charge in [-0.25, -0.2) is 4.79 Å². The SMILES string of the molecule is CC[C@H](C)[C@H]1O[C@]2(C=C[C@@H]1C)C[C@@H]1C[C@@H](C/C=C(\C)[C@@H](O[C@H]3C[C@H](OC)[C@@H](O[C@H]4C[C@H](OC)[C@H](NC)[C@H](C)O4)[C@H](C)O3)[C@@H](C)/C=C/C=C3\CO[C@@H]4[C@H](O)C(C)=C[C@@H](C(=O)O1)[C@]34O)O2.O=C(O)c1ccccc1. The maximum Gasteiger partial charge on any atom is 0.335 e. The van der Waals surface area contributed by atoms with Gasteiger partial charge in [-0.15, -0.1) is 0 Å². The van der Waals surface area contributed by atoms with Crippen LogP contribution in [0.2, 0.25) is 0 Å². The number of ether oxygens (including phenoxy) is 10. The maximum atomic E-state index is 14.4. The number of carbonyl (C=O) groups is 2. The number of likely N-dealkylation sites (N-methyl/N-ethyl adjacent to an activating group) is 1. The van der Waals surface area contributed by atoms with E-state index in [0.717, 1.165) is 12.0 Å². The van der Waals surface area contributed by atoms with E-state index >= 15 is 0 Å². The number of allylic oxidation sites excluding steroid dienone is 2. The molecule has 16 nitrogen and oxygen atoms in total. The van der Waals surface area contributed by atoms with Gasteiger partial charge in [-0.2, -0.15) is 0 Å². The summed E-state index contributed by atoms with van der Waals surface area (Å²) in [6.07, 6.45) is 10.7. The second-order valence-corrected chi connectivity index (χ2v) is 21.0. The number of esters is 1. The van der Waals surface area contributed by atoms with Crippen molar-refractivity contribution in [1.82, 2.24) is 5.32 Å². The third-order valence-electron chi connectivity index (χ3n) is 15.9. The molecular weight excluding hydrogens is 927 g/mol. The second kappa shape index (κ2) is 24.4. The number of hydrogen-bond donors (Lipinski definition) is 4. The monoisotopic (exact) mass is 1010 g/mol. The number of aliphatic hydroxyl groups is 2. The van der Waals surface area contributed by atoms with Crippen molar-refractivity contribution in [3.8, 4) is 0 Å². The summed E-state index contributed by atoms with van der Waals surface area (Å²) in [4.78, 5) is 24.6. The summed E-state index contributed by atoms with van der Waals surface area (Å²) in [6, 6.07) is 8.34. The summed E-state index contributed by atoms with van der Waals surface area (Å²) in [7, 11) is 5.30. The van der Waals surface area contributed by atoms with E-state index in [0.29, 0.717) is 48.8 Å². The van der Waals surface area contributed by atoms with Crippen molar-refractivity contribution in [3.63, 3.8) is 0 Å². The highest BCUT2D eigenvalue weighted by Gasteiger charge is 2.60. The number of aromatic carboxylic acids is 1. The number of aliphatic hydroxyl groups excluding tert-OH is 1. The van der Waals surface area contributed by atoms with Crippen LogP contribution in [0.15, 0.2) is 89.6 Å². The highest BCUT2D eigenvalue weighted by atomic mass is 16.7. The molecule has 0 aromatic heterocycles. The largest absolute Gasteiger partial charge is 0.478 e. The number of hydrogen-bond acceptors (Lipinski definition) is 15. The van der Waals surface area contributed by atoms with Gasteiger partial charge in [0.2, 0.25) is 0 Å². The van der Waals surface area contributed by atoms with Crippen molar-refractivity contribution < 1.29 is 72.3 Å². The van der Waals surface area contributed by atoms with Gasteiger partial charge in [0, 0.05) is 51.7 Å². The van der Waals surface area contributed by atoms with E-state index < -0.39 is 72.3 Å². The summed E-state index contributed by atoms with van der Waals surface area (Å²) in [6.45, 7) is 16.4. The average molecular weight is 1010 g/mol. The molecule has 0 radical (unpaired) electrons. The molecule has 400 valence electrons. The number of nitrogens with one attached hydrogen (secondary N) is 1. The predicted molar refractivity (Wildman–Crippen MR) is 268 cm³/mol. The van der Waals surface area contributed by atoms with Gasteiger partial charge in [0.15, 0.2) is 18.4 Å². The summed E-state index contributed by atoms with van der Waals surface area (Å²) >= 11 is 0. The van der Waals surface area contributed by atoms with E-state index in [1.165, 1.54) is 0 Å². The molecule has 0 saturated carbocycles. The molecule has 6 aliphatic heterocycles. The van der Waals surface area contributed by atoms with E-state index in [1.807, 2.05) is 39.1 Å². The number of methoxy groups -OCH3 is 2. The van der Waals surface area contributed by atoms with E-state index in [-0.39, 0.29) is 67.0 Å². The molecule has 1 aromatic carbocycles. The van der Waals surface area contributed by atoms with Crippen molar-refractivity contribution in [3.05, 3.63) is 95.1 Å². The minimum Gasteiger partial charge on any atom is -0.478 e. The van der Waals surface area contributed by atoms with Crippen LogP contribution in [0, 0.1) is 23.7 Å². The minimum atomic E-state index is -1.83. The van der Waals surface area contributed by atoms with Gasteiger partial charge < -0.3 is 68.0 Å². The Bertz CT molecular complexity index is 2140. The zero-order valence-corrected chi connectivity index (χ0v) is 44.0. The standard InChI is InChI=1S/C49H75NO13.C7H6O2/c1-12-26(2)44-29(5)18-19-48(63-44)24-35-21-34(62-48)17-16-28(4)43(27(3)14-13-15-33-25-56-46-42(51)30(6)20-36(47(52)59-35)49(33,46)53)60-40-23-38(55-11)45(32(8)58-40)61-39-22-37(54-10)41(50-9)31(7)57-39;8-7(9)6-4-2-1-3-5-6/h13-16,18-20,26-27,29,31-32,34-46,50-51,53H,12,17,21-25H2,1-11H3;1-5H,(H,8,9)/b14-13+,28-16+,33-15+;/t26-,27-,29-,31-,32-,34+,35-,36-,37-,38-,39-,40-,41+,42+,43-,44+,45-,46+,48+,49+;/m0./s1. The van der Waals surface area contributed by atoms with Crippen LogP contribution in [0.5, 0.6) is 0 Å². The smallest absolute Gasteiger partial charge is 0.335 e. The second-order valence-electron chi connectivity index (χ2n) is 21.0. The third-order valence-corrected chi connectivity index (χ3v) is 15.9. The van der Waals surface area contributed by atoms with Crippen molar-refractivity contribution >= 4 is 11.9 Å². The number of fused-ring (bicyclic) bond motifs is 2. The summed E-state index contributed by atoms with van der Waals surface area (Å²) in [5.41, 5.74) is 0.511. The molecule has 1 spiro atoms. The van der Waals surface area contributed by atoms with Crippen LogP contribution >= 0.6 is 0 Å². The molecule has 7 aliphatic rings. The van der Waals surface area contributed by atoms with Crippen molar-refractivity contribution in [2.75, 3.05) is 27.9 Å². The van der Waals surface area contributed by atoms with Gasteiger partial charge in [-0.3, -0.25) is 4.79 Å².